The minimum absolute atomic E-state index is 0.670. The Kier molecular flexibility index (Phi) is 3.76. The number of aldehydes is 1. The molecule has 2 heteroatoms. The smallest absolute Gasteiger partial charge is 0.142 e. The van der Waals surface area contributed by atoms with Crippen LogP contribution in [0.25, 0.3) is 6.08 Å². The van der Waals surface area contributed by atoms with Crippen molar-refractivity contribution in [1.29, 1.82) is 0 Å². The van der Waals surface area contributed by atoms with Gasteiger partial charge in [0.1, 0.15) is 12.0 Å². The highest BCUT2D eigenvalue weighted by atomic mass is 16.5. The molecule has 1 rings (SSSR count). The summed E-state index contributed by atoms with van der Waals surface area (Å²) in [7, 11) is 0. The van der Waals surface area contributed by atoms with Crippen LogP contribution in [-0.2, 0) is 4.79 Å². The van der Waals surface area contributed by atoms with Crippen molar-refractivity contribution >= 4 is 12.4 Å². The van der Waals surface area contributed by atoms with Crippen molar-refractivity contribution in [3.63, 3.8) is 0 Å². The van der Waals surface area contributed by atoms with Crippen LogP contribution in [0.5, 0.6) is 5.75 Å². The minimum atomic E-state index is 0.670. The predicted molar refractivity (Wildman–Crippen MR) is 52.7 cm³/mol. The highest BCUT2D eigenvalue weighted by molar-refractivity contribution is 5.73. The highest BCUT2D eigenvalue weighted by Gasteiger charge is 1.90. The van der Waals surface area contributed by atoms with Crippen molar-refractivity contribution < 1.29 is 9.53 Å². The second-order valence-electron chi connectivity index (χ2n) is 2.50. The van der Waals surface area contributed by atoms with Crippen molar-refractivity contribution in [2.75, 3.05) is 6.61 Å². The van der Waals surface area contributed by atoms with E-state index in [0.29, 0.717) is 6.61 Å². The Morgan fingerprint density at radius 3 is 2.54 bits per heavy atom. The van der Waals surface area contributed by atoms with Gasteiger partial charge in [-0.3, -0.25) is 4.79 Å². The molecule has 0 aliphatic carbocycles. The second-order valence-corrected chi connectivity index (χ2v) is 2.50. The summed E-state index contributed by atoms with van der Waals surface area (Å²) in [4.78, 5) is 10.0. The van der Waals surface area contributed by atoms with Gasteiger partial charge in [0.15, 0.2) is 0 Å². The molecule has 0 amide bonds. The van der Waals surface area contributed by atoms with Crippen molar-refractivity contribution in [3.8, 4) is 5.75 Å². The summed E-state index contributed by atoms with van der Waals surface area (Å²) in [6, 6.07) is 7.58. The minimum Gasteiger partial charge on any atom is -0.494 e. The molecular formula is C11H12O2. The van der Waals surface area contributed by atoms with Crippen LogP contribution in [0.4, 0.5) is 0 Å². The molecule has 0 saturated carbocycles. The van der Waals surface area contributed by atoms with Gasteiger partial charge >= 0.3 is 0 Å². The third kappa shape index (κ3) is 3.11. The molecular weight excluding hydrogens is 164 g/mol. The lowest BCUT2D eigenvalue weighted by Gasteiger charge is -2.01. The summed E-state index contributed by atoms with van der Waals surface area (Å²) in [5.41, 5.74) is 0.996. The third-order valence-corrected chi connectivity index (χ3v) is 1.56. The van der Waals surface area contributed by atoms with Crippen LogP contribution in [0.15, 0.2) is 30.3 Å². The van der Waals surface area contributed by atoms with E-state index in [9.17, 15) is 4.79 Å². The zero-order valence-corrected chi connectivity index (χ0v) is 7.57. The van der Waals surface area contributed by atoms with Gasteiger partial charge in [-0.1, -0.05) is 18.2 Å². The van der Waals surface area contributed by atoms with E-state index in [1.54, 1.807) is 6.08 Å². The topological polar surface area (TPSA) is 26.3 Å². The molecule has 0 aliphatic rings. The molecule has 1 aromatic rings. The summed E-state index contributed by atoms with van der Waals surface area (Å²) in [5, 5.41) is 0. The van der Waals surface area contributed by atoms with Crippen LogP contribution < -0.4 is 4.74 Å². The molecule has 0 heterocycles. The SMILES string of the molecule is CCOc1ccc(/C=C/C=O)cc1. The maximum Gasteiger partial charge on any atom is 0.142 e. The standard InChI is InChI=1S/C11H12O2/c1-2-13-11-7-5-10(6-8-11)4-3-9-12/h3-9H,2H2,1H3/b4-3+. The van der Waals surface area contributed by atoms with Crippen LogP contribution in [0.3, 0.4) is 0 Å². The molecule has 0 aliphatic heterocycles. The normalized spacial score (nSPS) is 10.2. The molecule has 0 radical (unpaired) electrons. The van der Waals surface area contributed by atoms with Crippen molar-refractivity contribution in [2.45, 2.75) is 6.92 Å². The lowest BCUT2D eigenvalue weighted by atomic mass is 10.2. The van der Waals surface area contributed by atoms with E-state index in [1.165, 1.54) is 6.08 Å². The molecule has 0 spiro atoms. The summed E-state index contributed by atoms with van der Waals surface area (Å²) < 4.78 is 5.27. The van der Waals surface area contributed by atoms with Crippen LogP contribution >= 0.6 is 0 Å². The van der Waals surface area contributed by atoms with Gasteiger partial charge in [0.25, 0.3) is 0 Å². The molecule has 0 saturated heterocycles. The van der Waals surface area contributed by atoms with E-state index in [-0.39, 0.29) is 0 Å². The molecule has 0 aromatic heterocycles. The van der Waals surface area contributed by atoms with Gasteiger partial charge in [0.05, 0.1) is 6.61 Å². The molecule has 0 fully saturated rings. The first-order valence-corrected chi connectivity index (χ1v) is 4.21. The Bertz CT molecular complexity index is 285. The van der Waals surface area contributed by atoms with Gasteiger partial charge < -0.3 is 4.74 Å². The Hall–Kier alpha value is -1.57. The number of hydrogen-bond donors (Lipinski definition) is 0. The predicted octanol–water partition coefficient (Wildman–Crippen LogP) is 2.30. The van der Waals surface area contributed by atoms with Gasteiger partial charge in [-0.05, 0) is 30.7 Å². The zero-order chi connectivity index (χ0) is 9.52. The lowest BCUT2D eigenvalue weighted by Crippen LogP contribution is -1.90. The maximum absolute atomic E-state index is 10.0. The number of carbonyl (C=O) groups excluding carboxylic acids is 1. The highest BCUT2D eigenvalue weighted by Crippen LogP contribution is 2.12. The van der Waals surface area contributed by atoms with Crippen molar-refractivity contribution in [1.82, 2.24) is 0 Å². The number of carbonyl (C=O) groups is 1. The van der Waals surface area contributed by atoms with Gasteiger partial charge in [-0.15, -0.1) is 0 Å². The monoisotopic (exact) mass is 176 g/mol. The molecule has 0 unspecified atom stereocenters. The molecule has 0 bridgehead atoms. The first-order chi connectivity index (χ1) is 6.36. The van der Waals surface area contributed by atoms with Crippen LogP contribution in [0.2, 0.25) is 0 Å². The quantitative estimate of drug-likeness (QED) is 0.519. The fourth-order valence-electron chi connectivity index (χ4n) is 0.992. The fraction of sp³-hybridized carbons (Fsp3) is 0.182. The zero-order valence-electron chi connectivity index (χ0n) is 7.57. The van der Waals surface area contributed by atoms with E-state index in [0.717, 1.165) is 17.6 Å². The molecule has 1 aromatic carbocycles. The summed E-state index contributed by atoms with van der Waals surface area (Å²) in [6.45, 7) is 2.61. The number of rotatable bonds is 4. The van der Waals surface area contributed by atoms with Crippen LogP contribution in [0.1, 0.15) is 12.5 Å². The molecule has 0 N–H and O–H groups in total. The average Bonchev–Trinajstić information content (AvgIpc) is 2.17. The van der Waals surface area contributed by atoms with Gasteiger partial charge in [-0.25, -0.2) is 0 Å². The van der Waals surface area contributed by atoms with Crippen LogP contribution in [-0.4, -0.2) is 12.9 Å². The average molecular weight is 176 g/mol. The van der Waals surface area contributed by atoms with E-state index < -0.39 is 0 Å². The van der Waals surface area contributed by atoms with Crippen molar-refractivity contribution in [2.24, 2.45) is 0 Å². The largest absolute Gasteiger partial charge is 0.494 e. The van der Waals surface area contributed by atoms with Gasteiger partial charge in [0.2, 0.25) is 0 Å². The number of ether oxygens (including phenoxy) is 1. The summed E-state index contributed by atoms with van der Waals surface area (Å²) in [5.74, 6) is 0.853. The lowest BCUT2D eigenvalue weighted by molar-refractivity contribution is -0.104. The van der Waals surface area contributed by atoms with E-state index in [2.05, 4.69) is 0 Å². The molecule has 2 nitrogen and oxygen atoms in total. The second kappa shape index (κ2) is 5.14. The van der Waals surface area contributed by atoms with Gasteiger partial charge in [-0.2, -0.15) is 0 Å². The van der Waals surface area contributed by atoms with Gasteiger partial charge in [0, 0.05) is 0 Å². The number of allylic oxidation sites excluding steroid dienone is 1. The Labute approximate surface area is 77.8 Å². The Morgan fingerprint density at radius 1 is 1.31 bits per heavy atom. The number of hydrogen-bond acceptors (Lipinski definition) is 2. The Morgan fingerprint density at radius 2 is 2.00 bits per heavy atom. The van der Waals surface area contributed by atoms with Crippen LogP contribution in [0, 0.1) is 0 Å². The molecule has 68 valence electrons. The number of benzene rings is 1. The maximum atomic E-state index is 10.0. The summed E-state index contributed by atoms with van der Waals surface area (Å²) in [6.07, 6.45) is 3.98. The third-order valence-electron chi connectivity index (χ3n) is 1.56. The van der Waals surface area contributed by atoms with E-state index in [1.807, 2.05) is 31.2 Å². The fourth-order valence-corrected chi connectivity index (χ4v) is 0.992. The van der Waals surface area contributed by atoms with Crippen molar-refractivity contribution in [3.05, 3.63) is 35.9 Å². The van der Waals surface area contributed by atoms with E-state index in [4.69, 9.17) is 4.74 Å². The first-order valence-electron chi connectivity index (χ1n) is 4.21. The van der Waals surface area contributed by atoms with E-state index >= 15 is 0 Å². The molecule has 0 atom stereocenters. The summed E-state index contributed by atoms with van der Waals surface area (Å²) >= 11 is 0. The first kappa shape index (κ1) is 9.52. The molecule has 13 heavy (non-hydrogen) atoms. The Balaban J connectivity index is 2.69.